The van der Waals surface area contributed by atoms with Crippen LogP contribution in [0.5, 0.6) is 0 Å². The van der Waals surface area contributed by atoms with Gasteiger partial charge < -0.3 is 4.90 Å². The molecule has 0 N–H and O–H groups in total. The first kappa shape index (κ1) is 37.3. The second kappa shape index (κ2) is 17.1. The van der Waals surface area contributed by atoms with E-state index in [1.807, 2.05) is 0 Å². The number of hydrogen-bond donors (Lipinski definition) is 0. The lowest BCUT2D eigenvalue weighted by molar-refractivity contribution is 1.28. The van der Waals surface area contributed by atoms with Gasteiger partial charge in [0.2, 0.25) is 0 Å². The molecule has 0 saturated carbocycles. The van der Waals surface area contributed by atoms with Gasteiger partial charge in [0, 0.05) is 16.8 Å². The molecule has 1 heteroatoms. The molecule has 0 saturated heterocycles. The molecule has 0 unspecified atom stereocenters. The fraction of sp³-hybridized carbons (Fsp3) is 0. The molecule has 0 bridgehead atoms. The molecule has 0 aliphatic rings. The van der Waals surface area contributed by atoms with Crippen LogP contribution in [0.15, 0.2) is 261 Å². The van der Waals surface area contributed by atoms with Crippen LogP contribution in [0.3, 0.4) is 0 Å². The smallest absolute Gasteiger partial charge is 0.0546 e. The summed E-state index contributed by atoms with van der Waals surface area (Å²) < 4.78 is 0. The van der Waals surface area contributed by atoms with E-state index in [0.29, 0.717) is 0 Å². The zero-order chi connectivity index (χ0) is 40.8. The van der Waals surface area contributed by atoms with Crippen molar-refractivity contribution in [3.8, 4) is 77.9 Å². The van der Waals surface area contributed by atoms with Crippen LogP contribution >= 0.6 is 0 Å². The minimum Gasteiger partial charge on any atom is -0.309 e. The van der Waals surface area contributed by atoms with E-state index in [2.05, 4.69) is 266 Å². The molecule has 61 heavy (non-hydrogen) atoms. The van der Waals surface area contributed by atoms with E-state index in [9.17, 15) is 0 Å². The van der Waals surface area contributed by atoms with E-state index in [0.717, 1.165) is 28.2 Å². The van der Waals surface area contributed by atoms with E-state index in [1.165, 1.54) is 66.8 Å². The van der Waals surface area contributed by atoms with Gasteiger partial charge >= 0.3 is 0 Å². The summed E-state index contributed by atoms with van der Waals surface area (Å²) in [7, 11) is 0. The molecule has 1 nitrogen and oxygen atoms in total. The van der Waals surface area contributed by atoms with Crippen molar-refractivity contribution in [2.24, 2.45) is 0 Å². The van der Waals surface area contributed by atoms with E-state index >= 15 is 0 Å². The highest BCUT2D eigenvalue weighted by Gasteiger charge is 2.24. The zero-order valence-corrected chi connectivity index (χ0v) is 33.8. The van der Waals surface area contributed by atoms with E-state index < -0.39 is 0 Å². The van der Waals surface area contributed by atoms with Crippen LogP contribution in [-0.2, 0) is 0 Å². The van der Waals surface area contributed by atoms with E-state index in [-0.39, 0.29) is 0 Å². The van der Waals surface area contributed by atoms with E-state index in [1.54, 1.807) is 0 Å². The molecule has 10 rings (SSSR count). The van der Waals surface area contributed by atoms with Gasteiger partial charge in [-0.05, 0) is 97.1 Å². The SMILES string of the molecule is c1ccc(-c2ccc(-c3ccccc3N(c3ccc(-c4cccc(-c5ccccc5)c4)cc3)c3cccc(-c4ccccc4)c3-c3ccccc3-c3ccccc3)cc2)cc1. The molecule has 288 valence electrons. The summed E-state index contributed by atoms with van der Waals surface area (Å²) in [5, 5.41) is 0. The molecule has 0 aliphatic carbocycles. The number of benzene rings is 10. The van der Waals surface area contributed by atoms with Crippen LogP contribution in [0.2, 0.25) is 0 Å². The molecule has 0 aromatic heterocycles. The predicted octanol–water partition coefficient (Wildman–Crippen LogP) is 16.8. The summed E-state index contributed by atoms with van der Waals surface area (Å²) in [6.07, 6.45) is 0. The lowest BCUT2D eigenvalue weighted by Crippen LogP contribution is -2.13. The maximum Gasteiger partial charge on any atom is 0.0546 e. The molecule has 0 heterocycles. The topological polar surface area (TPSA) is 3.24 Å². The fourth-order valence-electron chi connectivity index (χ4n) is 8.54. The largest absolute Gasteiger partial charge is 0.309 e. The van der Waals surface area contributed by atoms with Crippen LogP contribution in [-0.4, -0.2) is 0 Å². The van der Waals surface area contributed by atoms with Gasteiger partial charge in [-0.3, -0.25) is 0 Å². The molecule has 0 radical (unpaired) electrons. The van der Waals surface area contributed by atoms with Gasteiger partial charge in [-0.25, -0.2) is 0 Å². The highest BCUT2D eigenvalue weighted by molar-refractivity contribution is 6.02. The first-order valence-corrected chi connectivity index (χ1v) is 20.9. The van der Waals surface area contributed by atoms with Gasteiger partial charge in [0.15, 0.2) is 0 Å². The molecule has 0 aliphatic heterocycles. The van der Waals surface area contributed by atoms with Crippen LogP contribution in [0.4, 0.5) is 17.1 Å². The number of hydrogen-bond acceptors (Lipinski definition) is 1. The molecular formula is C60H43N. The maximum atomic E-state index is 2.47. The summed E-state index contributed by atoms with van der Waals surface area (Å²) >= 11 is 0. The average molecular weight is 778 g/mol. The van der Waals surface area contributed by atoms with Crippen molar-refractivity contribution in [2.75, 3.05) is 4.90 Å². The normalized spacial score (nSPS) is 11.0. The summed E-state index contributed by atoms with van der Waals surface area (Å²) in [4.78, 5) is 2.47. The predicted molar refractivity (Wildman–Crippen MR) is 259 cm³/mol. The number of anilines is 3. The summed E-state index contributed by atoms with van der Waals surface area (Å²) in [6, 6.07) is 94.1. The van der Waals surface area contributed by atoms with Crippen molar-refractivity contribution in [1.29, 1.82) is 0 Å². The Morgan fingerprint density at radius 3 is 1.15 bits per heavy atom. The maximum absolute atomic E-state index is 2.47. The first-order valence-electron chi connectivity index (χ1n) is 20.9. The van der Waals surface area contributed by atoms with Crippen molar-refractivity contribution in [1.82, 2.24) is 0 Å². The molecular weight excluding hydrogens is 735 g/mol. The van der Waals surface area contributed by atoms with E-state index in [4.69, 9.17) is 0 Å². The van der Waals surface area contributed by atoms with Gasteiger partial charge in [0.05, 0.1) is 11.4 Å². The van der Waals surface area contributed by atoms with Crippen LogP contribution < -0.4 is 4.90 Å². The second-order valence-corrected chi connectivity index (χ2v) is 15.3. The molecule has 10 aromatic rings. The Hall–Kier alpha value is -8.00. The molecule has 10 aromatic carbocycles. The Balaban J connectivity index is 1.19. The Bertz CT molecular complexity index is 3030. The van der Waals surface area contributed by atoms with Gasteiger partial charge in [-0.1, -0.05) is 231 Å². The van der Waals surface area contributed by atoms with Crippen molar-refractivity contribution < 1.29 is 0 Å². The Morgan fingerprint density at radius 1 is 0.197 bits per heavy atom. The quantitative estimate of drug-likeness (QED) is 0.134. The first-order chi connectivity index (χ1) is 30.3. The van der Waals surface area contributed by atoms with Gasteiger partial charge in [-0.15, -0.1) is 0 Å². The lowest BCUT2D eigenvalue weighted by Gasteiger charge is -2.31. The minimum atomic E-state index is 1.07. The molecule has 0 amide bonds. The highest BCUT2D eigenvalue weighted by Crippen LogP contribution is 2.50. The third kappa shape index (κ3) is 7.69. The fourth-order valence-corrected chi connectivity index (χ4v) is 8.54. The summed E-state index contributed by atoms with van der Waals surface area (Å²) in [5.41, 5.74) is 19.8. The third-order valence-electron chi connectivity index (χ3n) is 11.5. The van der Waals surface area contributed by atoms with Gasteiger partial charge in [0.25, 0.3) is 0 Å². The monoisotopic (exact) mass is 777 g/mol. The van der Waals surface area contributed by atoms with Crippen molar-refractivity contribution in [3.63, 3.8) is 0 Å². The number of nitrogens with zero attached hydrogens (tertiary/aromatic N) is 1. The molecule has 0 fully saturated rings. The minimum absolute atomic E-state index is 1.07. The van der Waals surface area contributed by atoms with Gasteiger partial charge in [0.1, 0.15) is 0 Å². The highest BCUT2D eigenvalue weighted by atomic mass is 15.1. The summed E-state index contributed by atoms with van der Waals surface area (Å²) in [5.74, 6) is 0. The zero-order valence-electron chi connectivity index (χ0n) is 33.8. The molecule has 0 atom stereocenters. The van der Waals surface area contributed by atoms with Crippen molar-refractivity contribution >= 4 is 17.1 Å². The summed E-state index contributed by atoms with van der Waals surface area (Å²) in [6.45, 7) is 0. The standard InChI is InChI=1S/C60H43N/c1-5-19-44(20-6-1)46-35-37-50(38-36-46)55-30-15-16-33-58(55)61(53-41-39-47(40-42-53)52-28-17-27-51(43-52)45-21-7-2-8-22-45)59-34-18-32-56(49-25-11-4-12-26-49)60(59)57-31-14-13-29-54(57)48-23-9-3-10-24-48/h1-43H. The lowest BCUT2D eigenvalue weighted by atomic mass is 9.87. The Kier molecular flexibility index (Phi) is 10.4. The Morgan fingerprint density at radius 2 is 0.541 bits per heavy atom. The second-order valence-electron chi connectivity index (χ2n) is 15.3. The average Bonchev–Trinajstić information content (AvgIpc) is 3.35. The van der Waals surface area contributed by atoms with Crippen molar-refractivity contribution in [3.05, 3.63) is 261 Å². The molecule has 0 spiro atoms. The van der Waals surface area contributed by atoms with Crippen LogP contribution in [0.1, 0.15) is 0 Å². The number of rotatable bonds is 10. The Labute approximate surface area is 359 Å². The van der Waals surface area contributed by atoms with Crippen LogP contribution in [0.25, 0.3) is 77.9 Å². The van der Waals surface area contributed by atoms with Gasteiger partial charge in [-0.2, -0.15) is 0 Å². The number of para-hydroxylation sites is 1. The van der Waals surface area contributed by atoms with Crippen LogP contribution in [0, 0.1) is 0 Å². The third-order valence-corrected chi connectivity index (χ3v) is 11.5. The van der Waals surface area contributed by atoms with Crippen molar-refractivity contribution in [2.45, 2.75) is 0 Å².